The minimum Gasteiger partial charge on any atom is -0.353 e. The second kappa shape index (κ2) is 9.75. The maximum absolute atomic E-state index is 12.7. The molecule has 0 unspecified atom stereocenters. The molecule has 0 saturated carbocycles. The normalized spacial score (nSPS) is 15.3. The summed E-state index contributed by atoms with van der Waals surface area (Å²) >= 11 is 3.39. The SMILES string of the molecule is Cc1cccc(CN2CCC(NC(=O)CCn3cnc4ccc(Br)cc4c3=O)CC2)c1. The van der Waals surface area contributed by atoms with Crippen LogP contribution in [0.4, 0.5) is 0 Å². The maximum Gasteiger partial charge on any atom is 0.261 e. The van der Waals surface area contributed by atoms with Crippen molar-refractivity contribution in [2.75, 3.05) is 13.1 Å². The summed E-state index contributed by atoms with van der Waals surface area (Å²) in [7, 11) is 0. The zero-order chi connectivity index (χ0) is 21.8. The van der Waals surface area contributed by atoms with E-state index < -0.39 is 0 Å². The standard InChI is InChI=1S/C24H27BrN4O2/c1-17-3-2-4-18(13-17)15-28-10-7-20(8-11-28)27-23(30)9-12-29-16-26-22-6-5-19(25)14-21(22)24(29)31/h2-6,13-14,16,20H,7-12,15H2,1H3,(H,27,30). The van der Waals surface area contributed by atoms with E-state index in [4.69, 9.17) is 0 Å². The van der Waals surface area contributed by atoms with Crippen LogP contribution < -0.4 is 10.9 Å². The van der Waals surface area contributed by atoms with Gasteiger partial charge < -0.3 is 5.32 Å². The topological polar surface area (TPSA) is 67.2 Å². The summed E-state index contributed by atoms with van der Waals surface area (Å²) < 4.78 is 2.35. The van der Waals surface area contributed by atoms with Gasteiger partial charge in [-0.05, 0) is 43.5 Å². The molecule has 1 N–H and O–H groups in total. The Bertz CT molecular complexity index is 1140. The molecule has 2 aromatic carbocycles. The number of halogens is 1. The highest BCUT2D eigenvalue weighted by molar-refractivity contribution is 9.10. The second-order valence-electron chi connectivity index (χ2n) is 8.26. The summed E-state index contributed by atoms with van der Waals surface area (Å²) in [6.45, 7) is 5.35. The molecule has 3 aromatic rings. The number of likely N-dealkylation sites (tertiary alicyclic amines) is 1. The highest BCUT2D eigenvalue weighted by Crippen LogP contribution is 2.16. The van der Waals surface area contributed by atoms with E-state index in [9.17, 15) is 9.59 Å². The van der Waals surface area contributed by atoms with Crippen LogP contribution in [0.25, 0.3) is 10.9 Å². The van der Waals surface area contributed by atoms with Gasteiger partial charge in [0, 0.05) is 43.1 Å². The van der Waals surface area contributed by atoms with Crippen molar-refractivity contribution in [3.05, 3.63) is 74.7 Å². The molecule has 0 atom stereocenters. The Balaban J connectivity index is 1.26. The highest BCUT2D eigenvalue weighted by Gasteiger charge is 2.20. The van der Waals surface area contributed by atoms with Crippen molar-refractivity contribution in [1.82, 2.24) is 19.8 Å². The molecule has 162 valence electrons. The zero-order valence-electron chi connectivity index (χ0n) is 17.7. The third-order valence-corrected chi connectivity index (χ3v) is 6.30. The predicted molar refractivity (Wildman–Crippen MR) is 126 cm³/mol. The van der Waals surface area contributed by atoms with Gasteiger partial charge in [0.2, 0.25) is 5.91 Å². The lowest BCUT2D eigenvalue weighted by molar-refractivity contribution is -0.122. The van der Waals surface area contributed by atoms with E-state index in [1.165, 1.54) is 22.0 Å². The smallest absolute Gasteiger partial charge is 0.261 e. The first-order valence-electron chi connectivity index (χ1n) is 10.7. The Kier molecular flexibility index (Phi) is 6.83. The van der Waals surface area contributed by atoms with E-state index in [0.717, 1.165) is 36.9 Å². The van der Waals surface area contributed by atoms with Crippen molar-refractivity contribution in [2.45, 2.75) is 45.3 Å². The summed E-state index contributed by atoms with van der Waals surface area (Å²) in [5, 5.41) is 3.69. The van der Waals surface area contributed by atoms with Crippen LogP contribution in [-0.4, -0.2) is 39.5 Å². The van der Waals surface area contributed by atoms with Crippen LogP contribution in [0.5, 0.6) is 0 Å². The van der Waals surface area contributed by atoms with Crippen molar-refractivity contribution < 1.29 is 4.79 Å². The number of hydrogen-bond acceptors (Lipinski definition) is 4. The number of aryl methyl sites for hydroxylation is 2. The number of fused-ring (bicyclic) bond motifs is 1. The van der Waals surface area contributed by atoms with Gasteiger partial charge >= 0.3 is 0 Å². The molecule has 1 aliphatic rings. The third kappa shape index (κ3) is 5.60. The van der Waals surface area contributed by atoms with Crippen molar-refractivity contribution in [3.8, 4) is 0 Å². The van der Waals surface area contributed by atoms with Gasteiger partial charge in [-0.1, -0.05) is 45.8 Å². The van der Waals surface area contributed by atoms with E-state index in [0.29, 0.717) is 17.4 Å². The third-order valence-electron chi connectivity index (χ3n) is 5.81. The van der Waals surface area contributed by atoms with Gasteiger partial charge in [0.15, 0.2) is 0 Å². The quantitative estimate of drug-likeness (QED) is 0.582. The highest BCUT2D eigenvalue weighted by atomic mass is 79.9. The zero-order valence-corrected chi connectivity index (χ0v) is 19.3. The Morgan fingerprint density at radius 1 is 1.19 bits per heavy atom. The number of carbonyl (C=O) groups is 1. The predicted octanol–water partition coefficient (Wildman–Crippen LogP) is 3.64. The fourth-order valence-electron chi connectivity index (χ4n) is 4.12. The minimum atomic E-state index is -0.122. The Labute approximate surface area is 190 Å². The van der Waals surface area contributed by atoms with Crippen LogP contribution in [-0.2, 0) is 17.9 Å². The van der Waals surface area contributed by atoms with Gasteiger partial charge in [-0.15, -0.1) is 0 Å². The van der Waals surface area contributed by atoms with E-state index in [1.54, 1.807) is 6.07 Å². The maximum atomic E-state index is 12.7. The number of carbonyl (C=O) groups excluding carboxylic acids is 1. The summed E-state index contributed by atoms with van der Waals surface area (Å²) in [5.41, 5.74) is 3.16. The molecule has 2 heterocycles. The molecule has 0 radical (unpaired) electrons. The molecule has 4 rings (SSSR count). The largest absolute Gasteiger partial charge is 0.353 e. The number of aromatic nitrogens is 2. The lowest BCUT2D eigenvalue weighted by atomic mass is 10.0. The molecule has 31 heavy (non-hydrogen) atoms. The lowest BCUT2D eigenvalue weighted by Gasteiger charge is -2.32. The monoisotopic (exact) mass is 482 g/mol. The molecule has 1 saturated heterocycles. The van der Waals surface area contributed by atoms with E-state index in [1.807, 2.05) is 12.1 Å². The van der Waals surface area contributed by atoms with Crippen molar-refractivity contribution in [3.63, 3.8) is 0 Å². The molecule has 0 aliphatic carbocycles. The number of amides is 1. The Hall–Kier alpha value is -2.51. The lowest BCUT2D eigenvalue weighted by Crippen LogP contribution is -2.44. The average molecular weight is 483 g/mol. The first-order valence-corrected chi connectivity index (χ1v) is 11.5. The van der Waals surface area contributed by atoms with E-state index >= 15 is 0 Å². The van der Waals surface area contributed by atoms with Gasteiger partial charge in [0.1, 0.15) is 0 Å². The van der Waals surface area contributed by atoms with Crippen LogP contribution in [0, 0.1) is 6.92 Å². The first-order chi connectivity index (χ1) is 15.0. The Morgan fingerprint density at radius 3 is 2.77 bits per heavy atom. The number of nitrogens with one attached hydrogen (secondary N) is 1. The van der Waals surface area contributed by atoms with Crippen molar-refractivity contribution in [1.29, 1.82) is 0 Å². The number of hydrogen-bond donors (Lipinski definition) is 1. The van der Waals surface area contributed by atoms with E-state index in [2.05, 4.69) is 62.3 Å². The molecule has 1 aliphatic heterocycles. The number of rotatable bonds is 6. The molecular formula is C24H27BrN4O2. The molecule has 0 bridgehead atoms. The minimum absolute atomic E-state index is 0.0154. The summed E-state index contributed by atoms with van der Waals surface area (Å²) in [5.74, 6) is -0.0154. The number of piperidine rings is 1. The molecule has 6 nitrogen and oxygen atoms in total. The first kappa shape index (κ1) is 21.7. The van der Waals surface area contributed by atoms with Crippen molar-refractivity contribution >= 4 is 32.7 Å². The molecule has 1 amide bonds. The fourth-order valence-corrected chi connectivity index (χ4v) is 4.48. The van der Waals surface area contributed by atoms with Gasteiger partial charge in [0.25, 0.3) is 5.56 Å². The summed E-state index contributed by atoms with van der Waals surface area (Å²) in [6.07, 6.45) is 3.69. The van der Waals surface area contributed by atoms with Gasteiger partial charge in [-0.2, -0.15) is 0 Å². The van der Waals surface area contributed by atoms with Crippen molar-refractivity contribution in [2.24, 2.45) is 0 Å². The Morgan fingerprint density at radius 2 is 2.00 bits per heavy atom. The average Bonchev–Trinajstić information content (AvgIpc) is 2.75. The van der Waals surface area contributed by atoms with Gasteiger partial charge in [-0.25, -0.2) is 4.98 Å². The summed E-state index contributed by atoms with van der Waals surface area (Å²) in [6, 6.07) is 14.3. The van der Waals surface area contributed by atoms with Crippen LogP contribution in [0.15, 0.2) is 58.1 Å². The van der Waals surface area contributed by atoms with Crippen LogP contribution >= 0.6 is 15.9 Å². The molecule has 1 fully saturated rings. The number of nitrogens with zero attached hydrogens (tertiary/aromatic N) is 3. The van der Waals surface area contributed by atoms with Crippen LogP contribution in [0.3, 0.4) is 0 Å². The summed E-state index contributed by atoms with van der Waals surface area (Å²) in [4.78, 5) is 31.9. The second-order valence-corrected chi connectivity index (χ2v) is 9.18. The van der Waals surface area contributed by atoms with Gasteiger partial charge in [0.05, 0.1) is 17.2 Å². The molecule has 7 heteroatoms. The van der Waals surface area contributed by atoms with Crippen LogP contribution in [0.1, 0.15) is 30.4 Å². The van der Waals surface area contributed by atoms with Gasteiger partial charge in [-0.3, -0.25) is 19.1 Å². The van der Waals surface area contributed by atoms with E-state index in [-0.39, 0.29) is 23.9 Å². The molecule has 0 spiro atoms. The molecule has 1 aromatic heterocycles. The fraction of sp³-hybridized carbons (Fsp3) is 0.375. The number of benzene rings is 2. The van der Waals surface area contributed by atoms with Crippen LogP contribution in [0.2, 0.25) is 0 Å². The molecular weight excluding hydrogens is 456 g/mol.